The fourth-order valence-electron chi connectivity index (χ4n) is 2.80. The van der Waals surface area contributed by atoms with Gasteiger partial charge in [-0.3, -0.25) is 4.79 Å². The van der Waals surface area contributed by atoms with Crippen molar-refractivity contribution in [3.63, 3.8) is 0 Å². The average Bonchev–Trinajstić information content (AvgIpc) is 3.45. The molecular formula is C20H16N8O2. The second kappa shape index (κ2) is 8.24. The van der Waals surface area contributed by atoms with Crippen LogP contribution in [-0.2, 0) is 13.7 Å². The van der Waals surface area contributed by atoms with E-state index >= 15 is 0 Å². The predicted molar refractivity (Wildman–Crippen MR) is 106 cm³/mol. The van der Waals surface area contributed by atoms with E-state index in [1.54, 1.807) is 54.5 Å². The van der Waals surface area contributed by atoms with Crippen molar-refractivity contribution >= 4 is 11.6 Å². The number of hydrogen-bond acceptors (Lipinski definition) is 7. The van der Waals surface area contributed by atoms with E-state index in [1.807, 2.05) is 12.1 Å². The summed E-state index contributed by atoms with van der Waals surface area (Å²) in [5, 5.41) is 23.3. The maximum atomic E-state index is 12.4. The predicted octanol–water partition coefficient (Wildman–Crippen LogP) is 2.10. The number of nitriles is 1. The van der Waals surface area contributed by atoms with Crippen LogP contribution in [0.2, 0.25) is 0 Å². The molecule has 0 aliphatic carbocycles. The zero-order valence-corrected chi connectivity index (χ0v) is 15.9. The highest BCUT2D eigenvalue weighted by Crippen LogP contribution is 2.27. The normalized spacial score (nSPS) is 10.4. The minimum Gasteiger partial charge on any atom is -0.487 e. The number of tetrazole rings is 1. The molecule has 2 aromatic carbocycles. The van der Waals surface area contributed by atoms with Gasteiger partial charge in [0.1, 0.15) is 30.1 Å². The molecule has 0 atom stereocenters. The molecule has 0 unspecified atom stereocenters. The maximum Gasteiger partial charge on any atom is 0.275 e. The lowest BCUT2D eigenvalue weighted by atomic mass is 10.1. The van der Waals surface area contributed by atoms with Gasteiger partial charge in [0.2, 0.25) is 0 Å². The Bertz CT molecular complexity index is 1220. The zero-order chi connectivity index (χ0) is 20.9. The number of nitrogens with one attached hydrogen (secondary N) is 1. The molecule has 10 nitrogen and oxygen atoms in total. The van der Waals surface area contributed by atoms with Crippen LogP contribution < -0.4 is 10.1 Å². The van der Waals surface area contributed by atoms with Gasteiger partial charge in [-0.1, -0.05) is 18.2 Å². The SMILES string of the molecule is Cn1cnc(C(=O)Nc2ccc(OCc3ccccc3C#N)c(-n3cnnn3)c2)c1. The molecule has 1 amide bonds. The Morgan fingerprint density at radius 2 is 2.10 bits per heavy atom. The second-order valence-electron chi connectivity index (χ2n) is 6.37. The number of hydrogen-bond donors (Lipinski definition) is 1. The number of imidazole rings is 1. The fourth-order valence-corrected chi connectivity index (χ4v) is 2.80. The number of nitrogens with zero attached hydrogens (tertiary/aromatic N) is 7. The van der Waals surface area contributed by atoms with Gasteiger partial charge in [-0.25, -0.2) is 4.98 Å². The Balaban J connectivity index is 1.59. The lowest BCUT2D eigenvalue weighted by Gasteiger charge is -2.13. The molecule has 148 valence electrons. The van der Waals surface area contributed by atoms with Crippen LogP contribution >= 0.6 is 0 Å². The number of ether oxygens (including phenoxy) is 1. The van der Waals surface area contributed by atoms with Crippen LogP contribution in [0.15, 0.2) is 61.3 Å². The smallest absolute Gasteiger partial charge is 0.275 e. The monoisotopic (exact) mass is 400 g/mol. The van der Waals surface area contributed by atoms with Crippen LogP contribution in [0, 0.1) is 11.3 Å². The topological polar surface area (TPSA) is 124 Å². The van der Waals surface area contributed by atoms with Crippen LogP contribution in [0.1, 0.15) is 21.6 Å². The summed E-state index contributed by atoms with van der Waals surface area (Å²) in [5.41, 5.74) is 2.67. The molecule has 0 saturated heterocycles. The van der Waals surface area contributed by atoms with Gasteiger partial charge in [-0.2, -0.15) is 9.94 Å². The Labute approximate surface area is 171 Å². The molecule has 10 heteroatoms. The van der Waals surface area contributed by atoms with E-state index in [-0.39, 0.29) is 12.5 Å². The van der Waals surface area contributed by atoms with Gasteiger partial charge in [-0.05, 0) is 34.7 Å². The number of carbonyl (C=O) groups is 1. The second-order valence-corrected chi connectivity index (χ2v) is 6.37. The molecule has 0 bridgehead atoms. The first-order chi connectivity index (χ1) is 14.6. The minimum absolute atomic E-state index is 0.193. The molecule has 2 aromatic heterocycles. The van der Waals surface area contributed by atoms with Gasteiger partial charge in [0, 0.05) is 24.5 Å². The fraction of sp³-hybridized carbons (Fsp3) is 0.100. The minimum atomic E-state index is -0.338. The number of benzene rings is 2. The first-order valence-electron chi connectivity index (χ1n) is 8.91. The number of aryl methyl sites for hydroxylation is 1. The van der Waals surface area contributed by atoms with Crippen LogP contribution in [0.4, 0.5) is 5.69 Å². The standard InChI is InChI=1S/C20H16N8O2/c1-27-10-17(22-12-27)20(29)24-16-6-7-19(18(8-16)28-13-23-25-26-28)30-11-15-5-3-2-4-14(15)9-21/h2-8,10,12-13H,11H2,1H3,(H,24,29). The van der Waals surface area contributed by atoms with Gasteiger partial charge >= 0.3 is 0 Å². The largest absolute Gasteiger partial charge is 0.487 e. The van der Waals surface area contributed by atoms with Crippen molar-refractivity contribution in [3.8, 4) is 17.5 Å². The van der Waals surface area contributed by atoms with E-state index in [1.165, 1.54) is 11.0 Å². The van der Waals surface area contributed by atoms with Gasteiger partial charge in [0.05, 0.1) is 18.0 Å². The molecule has 0 saturated carbocycles. The van der Waals surface area contributed by atoms with Crippen molar-refractivity contribution in [1.82, 2.24) is 29.8 Å². The van der Waals surface area contributed by atoms with Crippen molar-refractivity contribution in [2.45, 2.75) is 6.61 Å². The Morgan fingerprint density at radius 1 is 1.23 bits per heavy atom. The summed E-state index contributed by atoms with van der Waals surface area (Å²) in [4.78, 5) is 16.4. The van der Waals surface area contributed by atoms with E-state index in [4.69, 9.17) is 4.74 Å². The van der Waals surface area contributed by atoms with Gasteiger partial charge < -0.3 is 14.6 Å². The first kappa shape index (κ1) is 18.8. The van der Waals surface area contributed by atoms with Crippen molar-refractivity contribution in [2.24, 2.45) is 7.05 Å². The third-order valence-electron chi connectivity index (χ3n) is 4.27. The van der Waals surface area contributed by atoms with Crippen molar-refractivity contribution in [2.75, 3.05) is 5.32 Å². The van der Waals surface area contributed by atoms with Crippen molar-refractivity contribution in [1.29, 1.82) is 5.26 Å². The summed E-state index contributed by atoms with van der Waals surface area (Å²) in [6.07, 6.45) is 4.61. The number of rotatable bonds is 6. The lowest BCUT2D eigenvalue weighted by molar-refractivity contribution is 0.102. The van der Waals surface area contributed by atoms with E-state index in [0.717, 1.165) is 5.56 Å². The van der Waals surface area contributed by atoms with E-state index < -0.39 is 0 Å². The molecule has 0 aliphatic heterocycles. The summed E-state index contributed by atoms with van der Waals surface area (Å²) in [5.74, 6) is 0.153. The summed E-state index contributed by atoms with van der Waals surface area (Å²) >= 11 is 0. The molecule has 0 radical (unpaired) electrons. The summed E-state index contributed by atoms with van der Waals surface area (Å²) in [6, 6.07) is 14.5. The van der Waals surface area contributed by atoms with Crippen LogP contribution in [-0.4, -0.2) is 35.7 Å². The van der Waals surface area contributed by atoms with Crippen molar-refractivity contribution < 1.29 is 9.53 Å². The van der Waals surface area contributed by atoms with Crippen LogP contribution in [0.3, 0.4) is 0 Å². The van der Waals surface area contributed by atoms with Crippen LogP contribution in [0.25, 0.3) is 5.69 Å². The summed E-state index contributed by atoms with van der Waals surface area (Å²) in [7, 11) is 1.79. The third kappa shape index (κ3) is 4.00. The van der Waals surface area contributed by atoms with Crippen molar-refractivity contribution in [3.05, 3.63) is 78.1 Å². The molecular weight excluding hydrogens is 384 g/mol. The highest BCUT2D eigenvalue weighted by Gasteiger charge is 2.14. The molecule has 4 rings (SSSR count). The number of carbonyl (C=O) groups excluding carboxylic acids is 1. The lowest BCUT2D eigenvalue weighted by Crippen LogP contribution is -2.13. The number of anilines is 1. The zero-order valence-electron chi connectivity index (χ0n) is 15.9. The molecule has 4 aromatic rings. The molecule has 1 N–H and O–H groups in total. The summed E-state index contributed by atoms with van der Waals surface area (Å²) in [6.45, 7) is 0.193. The Kier molecular flexibility index (Phi) is 5.17. The van der Waals surface area contributed by atoms with E-state index in [2.05, 4.69) is 31.9 Å². The molecule has 2 heterocycles. The molecule has 30 heavy (non-hydrogen) atoms. The van der Waals surface area contributed by atoms with Crippen LogP contribution in [0.5, 0.6) is 5.75 Å². The number of aromatic nitrogens is 6. The maximum absolute atomic E-state index is 12.4. The quantitative estimate of drug-likeness (QED) is 0.525. The highest BCUT2D eigenvalue weighted by molar-refractivity contribution is 6.02. The summed E-state index contributed by atoms with van der Waals surface area (Å²) < 4.78 is 9.07. The molecule has 0 fully saturated rings. The Hall–Kier alpha value is -4.52. The molecule has 0 spiro atoms. The first-order valence-corrected chi connectivity index (χ1v) is 8.91. The Morgan fingerprint density at radius 3 is 2.83 bits per heavy atom. The van der Waals surface area contributed by atoms with Gasteiger partial charge in [0.25, 0.3) is 5.91 Å². The van der Waals surface area contributed by atoms with E-state index in [9.17, 15) is 10.1 Å². The number of amides is 1. The highest BCUT2D eigenvalue weighted by atomic mass is 16.5. The van der Waals surface area contributed by atoms with E-state index in [0.29, 0.717) is 28.4 Å². The average molecular weight is 400 g/mol. The molecule has 0 aliphatic rings. The third-order valence-corrected chi connectivity index (χ3v) is 4.27. The van der Waals surface area contributed by atoms with Gasteiger partial charge in [0.15, 0.2) is 0 Å². The van der Waals surface area contributed by atoms with Gasteiger partial charge in [-0.15, -0.1) is 5.10 Å².